The molecule has 2 saturated heterocycles. The molecule has 2 aliphatic rings. The van der Waals surface area contributed by atoms with Crippen LogP contribution in [0.5, 0.6) is 5.75 Å². The van der Waals surface area contributed by atoms with Gasteiger partial charge in [0.25, 0.3) is 17.1 Å². The van der Waals surface area contributed by atoms with E-state index in [4.69, 9.17) is 4.74 Å². The fourth-order valence-corrected chi connectivity index (χ4v) is 5.15. The van der Waals surface area contributed by atoms with E-state index in [9.17, 15) is 19.2 Å². The number of hydrogen-bond donors (Lipinski definition) is 1. The Balaban J connectivity index is 1.45. The number of likely N-dealkylation sites (tertiary alicyclic amines) is 1. The maximum atomic E-state index is 12.9. The summed E-state index contributed by atoms with van der Waals surface area (Å²) in [5.41, 5.74) is 3.22. The number of nitrogens with one attached hydrogen (secondary N) is 1. The number of hydrogen-bond acceptors (Lipinski definition) is 6. The van der Waals surface area contributed by atoms with Gasteiger partial charge in [-0.05, 0) is 79.9 Å². The van der Waals surface area contributed by atoms with Crippen LogP contribution in [0.1, 0.15) is 29.5 Å². The summed E-state index contributed by atoms with van der Waals surface area (Å²) >= 11 is 4.19. The third-order valence-electron chi connectivity index (χ3n) is 5.91. The first kappa shape index (κ1) is 26.0. The van der Waals surface area contributed by atoms with Crippen LogP contribution in [-0.4, -0.2) is 59.0 Å². The minimum atomic E-state index is -0.517. The van der Waals surface area contributed by atoms with Crippen molar-refractivity contribution in [3.05, 3.63) is 62.5 Å². The molecule has 0 atom stereocenters. The average Bonchev–Trinajstić information content (AvgIpc) is 3.46. The van der Waals surface area contributed by atoms with Crippen LogP contribution < -0.4 is 10.1 Å². The van der Waals surface area contributed by atoms with Crippen molar-refractivity contribution in [1.82, 2.24) is 9.80 Å². The molecule has 188 valence electrons. The maximum absolute atomic E-state index is 12.9. The van der Waals surface area contributed by atoms with Gasteiger partial charge in [-0.3, -0.25) is 24.1 Å². The molecule has 0 aromatic heterocycles. The highest BCUT2D eigenvalue weighted by molar-refractivity contribution is 9.10. The van der Waals surface area contributed by atoms with Crippen molar-refractivity contribution in [3.63, 3.8) is 0 Å². The predicted molar refractivity (Wildman–Crippen MR) is 143 cm³/mol. The molecule has 2 aliphatic heterocycles. The highest BCUT2D eigenvalue weighted by Gasteiger charge is 2.37. The van der Waals surface area contributed by atoms with Crippen molar-refractivity contribution in [1.29, 1.82) is 0 Å². The molecule has 0 spiro atoms. The van der Waals surface area contributed by atoms with Crippen LogP contribution in [0.15, 0.2) is 45.8 Å². The fraction of sp³-hybridized carbons (Fsp3) is 0.308. The Morgan fingerprint density at radius 3 is 2.61 bits per heavy atom. The van der Waals surface area contributed by atoms with Crippen molar-refractivity contribution >= 4 is 62.4 Å². The molecule has 4 amide bonds. The number of carbonyl (C=O) groups excluding carboxylic acids is 4. The van der Waals surface area contributed by atoms with Gasteiger partial charge < -0.3 is 15.0 Å². The van der Waals surface area contributed by atoms with Crippen molar-refractivity contribution in [3.8, 4) is 5.75 Å². The molecule has 8 nitrogen and oxygen atoms in total. The van der Waals surface area contributed by atoms with Gasteiger partial charge in [0, 0.05) is 28.8 Å². The molecule has 1 N–H and O–H groups in total. The van der Waals surface area contributed by atoms with Crippen LogP contribution in [0.2, 0.25) is 0 Å². The van der Waals surface area contributed by atoms with Crippen molar-refractivity contribution in [2.75, 3.05) is 31.6 Å². The normalized spacial score (nSPS) is 16.7. The van der Waals surface area contributed by atoms with Crippen LogP contribution in [0.3, 0.4) is 0 Å². The van der Waals surface area contributed by atoms with E-state index in [-0.39, 0.29) is 29.9 Å². The zero-order chi connectivity index (χ0) is 25.8. The molecule has 4 rings (SSSR count). The van der Waals surface area contributed by atoms with Crippen LogP contribution in [0, 0.1) is 13.8 Å². The van der Waals surface area contributed by atoms with Gasteiger partial charge >= 0.3 is 0 Å². The van der Waals surface area contributed by atoms with Crippen LogP contribution >= 0.6 is 27.7 Å². The smallest absolute Gasteiger partial charge is 0.294 e. The molecule has 2 fully saturated rings. The standard InChI is InChI=1S/C26H26BrN3O5S/c1-16-5-6-17(2)20(11-16)28-23(31)15-35-21-8-7-19(27)12-18(21)13-22-25(33)30(26(34)36-22)14-24(32)29-9-3-4-10-29/h5-8,11-13H,3-4,9-10,14-15H2,1-2H3,(H,28,31)/b22-13-. The van der Waals surface area contributed by atoms with E-state index >= 15 is 0 Å². The quantitative estimate of drug-likeness (QED) is 0.482. The lowest BCUT2D eigenvalue weighted by Gasteiger charge is -2.18. The largest absolute Gasteiger partial charge is 0.483 e. The fourth-order valence-electron chi connectivity index (χ4n) is 3.94. The summed E-state index contributed by atoms with van der Waals surface area (Å²) in [4.78, 5) is 53.2. The highest BCUT2D eigenvalue weighted by atomic mass is 79.9. The first-order chi connectivity index (χ1) is 17.2. The molecule has 0 aliphatic carbocycles. The molecular formula is C26H26BrN3O5S. The number of imide groups is 1. The number of nitrogens with zero attached hydrogens (tertiary/aromatic N) is 2. The lowest BCUT2D eigenvalue weighted by molar-refractivity contribution is -0.135. The van der Waals surface area contributed by atoms with E-state index < -0.39 is 11.1 Å². The lowest BCUT2D eigenvalue weighted by Crippen LogP contribution is -2.40. The Kier molecular flexibility index (Phi) is 8.15. The van der Waals surface area contributed by atoms with E-state index in [2.05, 4.69) is 21.2 Å². The number of halogens is 1. The number of aryl methyl sites for hydroxylation is 2. The van der Waals surface area contributed by atoms with Gasteiger partial charge in [0.05, 0.1) is 4.91 Å². The highest BCUT2D eigenvalue weighted by Crippen LogP contribution is 2.35. The molecule has 0 unspecified atom stereocenters. The monoisotopic (exact) mass is 571 g/mol. The lowest BCUT2D eigenvalue weighted by atomic mass is 10.1. The van der Waals surface area contributed by atoms with Gasteiger partial charge in [-0.15, -0.1) is 0 Å². The number of amides is 4. The second kappa shape index (κ2) is 11.3. The number of thioether (sulfide) groups is 1. The number of ether oxygens (including phenoxy) is 1. The van der Waals surface area contributed by atoms with Crippen LogP contribution in [0.25, 0.3) is 6.08 Å². The Morgan fingerprint density at radius 1 is 1.11 bits per heavy atom. The maximum Gasteiger partial charge on any atom is 0.294 e. The summed E-state index contributed by atoms with van der Waals surface area (Å²) in [6, 6.07) is 11.0. The molecule has 36 heavy (non-hydrogen) atoms. The van der Waals surface area contributed by atoms with Gasteiger partial charge in [0.1, 0.15) is 12.3 Å². The van der Waals surface area contributed by atoms with E-state index in [1.54, 1.807) is 29.2 Å². The molecule has 0 saturated carbocycles. The van der Waals surface area contributed by atoms with Crippen molar-refractivity contribution in [2.24, 2.45) is 0 Å². The first-order valence-corrected chi connectivity index (χ1v) is 13.1. The van der Waals surface area contributed by atoms with Crippen molar-refractivity contribution in [2.45, 2.75) is 26.7 Å². The Morgan fingerprint density at radius 2 is 1.86 bits per heavy atom. The summed E-state index contributed by atoms with van der Waals surface area (Å²) in [6.07, 6.45) is 3.41. The van der Waals surface area contributed by atoms with E-state index in [0.29, 0.717) is 24.4 Å². The van der Waals surface area contributed by atoms with E-state index in [0.717, 1.165) is 50.8 Å². The summed E-state index contributed by atoms with van der Waals surface area (Å²) in [5.74, 6) is -0.680. The summed E-state index contributed by atoms with van der Waals surface area (Å²) in [5, 5.41) is 2.37. The third-order valence-corrected chi connectivity index (χ3v) is 7.31. The first-order valence-electron chi connectivity index (χ1n) is 11.5. The molecule has 2 heterocycles. The molecular weight excluding hydrogens is 546 g/mol. The second-order valence-electron chi connectivity index (χ2n) is 8.69. The molecule has 10 heteroatoms. The molecule has 0 bridgehead atoms. The van der Waals surface area contributed by atoms with Gasteiger partial charge in [-0.25, -0.2) is 0 Å². The molecule has 2 aromatic rings. The minimum absolute atomic E-state index is 0.192. The summed E-state index contributed by atoms with van der Waals surface area (Å²) < 4.78 is 6.51. The van der Waals surface area contributed by atoms with E-state index in [1.807, 2.05) is 32.0 Å². The average molecular weight is 572 g/mol. The zero-order valence-electron chi connectivity index (χ0n) is 20.0. The summed E-state index contributed by atoms with van der Waals surface area (Å²) in [6.45, 7) is 4.67. The van der Waals surface area contributed by atoms with Crippen molar-refractivity contribution < 1.29 is 23.9 Å². The van der Waals surface area contributed by atoms with Gasteiger partial charge in [0.2, 0.25) is 5.91 Å². The summed E-state index contributed by atoms with van der Waals surface area (Å²) in [7, 11) is 0. The van der Waals surface area contributed by atoms with Gasteiger partial charge in [-0.2, -0.15) is 0 Å². The van der Waals surface area contributed by atoms with Gasteiger partial charge in [-0.1, -0.05) is 28.1 Å². The number of benzene rings is 2. The minimum Gasteiger partial charge on any atom is -0.483 e. The number of carbonyl (C=O) groups is 4. The molecule has 0 radical (unpaired) electrons. The Bertz CT molecular complexity index is 1260. The van der Waals surface area contributed by atoms with E-state index in [1.165, 1.54) is 0 Å². The zero-order valence-corrected chi connectivity index (χ0v) is 22.4. The SMILES string of the molecule is Cc1ccc(C)c(NC(=O)COc2ccc(Br)cc2/C=C2\SC(=O)N(CC(=O)N3CCCC3)C2=O)c1. The van der Waals surface area contributed by atoms with Crippen LogP contribution in [-0.2, 0) is 14.4 Å². The topological polar surface area (TPSA) is 96.0 Å². The van der Waals surface area contributed by atoms with Gasteiger partial charge in [0.15, 0.2) is 6.61 Å². The number of anilines is 1. The third kappa shape index (κ3) is 6.17. The predicted octanol–water partition coefficient (Wildman–Crippen LogP) is 4.74. The number of rotatable bonds is 7. The second-order valence-corrected chi connectivity index (χ2v) is 10.6. The Hall–Kier alpha value is -3.11. The Labute approximate surface area is 222 Å². The van der Waals surface area contributed by atoms with Crippen LogP contribution in [0.4, 0.5) is 10.5 Å². The molecule has 2 aromatic carbocycles.